The lowest BCUT2D eigenvalue weighted by molar-refractivity contribution is -0.138. The third-order valence-corrected chi connectivity index (χ3v) is 8.63. The maximum atomic E-state index is 13.1. The van der Waals surface area contributed by atoms with E-state index in [1.807, 2.05) is 49.6 Å². The van der Waals surface area contributed by atoms with Gasteiger partial charge in [0.1, 0.15) is 0 Å². The van der Waals surface area contributed by atoms with Gasteiger partial charge < -0.3 is 9.64 Å². The summed E-state index contributed by atoms with van der Waals surface area (Å²) >= 11 is 1.52. The molecule has 2 aromatic heterocycles. The van der Waals surface area contributed by atoms with Crippen LogP contribution in [-0.4, -0.2) is 60.4 Å². The summed E-state index contributed by atoms with van der Waals surface area (Å²) in [6.45, 7) is 3.38. The van der Waals surface area contributed by atoms with Crippen molar-refractivity contribution in [3.05, 3.63) is 53.4 Å². The van der Waals surface area contributed by atoms with Gasteiger partial charge in [-0.1, -0.05) is 31.2 Å². The van der Waals surface area contributed by atoms with Crippen LogP contribution < -0.4 is 0 Å². The van der Waals surface area contributed by atoms with E-state index in [0.29, 0.717) is 35.0 Å². The lowest BCUT2D eigenvalue weighted by atomic mass is 10.1. The lowest BCUT2D eigenvalue weighted by Crippen LogP contribution is -2.48. The van der Waals surface area contributed by atoms with Gasteiger partial charge >= 0.3 is 5.97 Å². The fourth-order valence-corrected chi connectivity index (χ4v) is 6.57. The molecule has 0 aliphatic carbocycles. The number of nitrogens with zero attached hydrogens (tertiary/aromatic N) is 2. The predicted molar refractivity (Wildman–Crippen MR) is 129 cm³/mol. The molecule has 33 heavy (non-hydrogen) atoms. The van der Waals surface area contributed by atoms with E-state index in [9.17, 15) is 18.0 Å². The van der Waals surface area contributed by atoms with Crippen LogP contribution in [0.1, 0.15) is 37.0 Å². The van der Waals surface area contributed by atoms with Gasteiger partial charge in [-0.25, -0.2) is 18.2 Å². The third kappa shape index (κ3) is 5.09. The Labute approximate surface area is 197 Å². The molecule has 3 aromatic rings. The van der Waals surface area contributed by atoms with Crippen molar-refractivity contribution in [2.24, 2.45) is 0 Å². The summed E-state index contributed by atoms with van der Waals surface area (Å²) in [5.74, 6) is -0.956. The minimum Gasteiger partial charge on any atom is -0.452 e. The molecule has 1 amide bonds. The van der Waals surface area contributed by atoms with Crippen molar-refractivity contribution in [2.75, 3.05) is 18.1 Å². The molecule has 4 rings (SSSR count). The molecule has 2 atom stereocenters. The minimum atomic E-state index is -3.15. The van der Waals surface area contributed by atoms with Crippen LogP contribution in [-0.2, 0) is 19.4 Å². The third-order valence-electron chi connectivity index (χ3n) is 5.99. The average molecular weight is 487 g/mol. The topological polar surface area (TPSA) is 93.6 Å². The number of sulfone groups is 1. The fourth-order valence-electron chi connectivity index (χ4n) is 4.18. The van der Waals surface area contributed by atoms with Gasteiger partial charge in [0, 0.05) is 17.5 Å². The molecule has 9 heteroatoms. The van der Waals surface area contributed by atoms with E-state index in [1.54, 1.807) is 17.0 Å². The van der Waals surface area contributed by atoms with Crippen LogP contribution >= 0.6 is 11.3 Å². The number of aromatic nitrogens is 1. The molecule has 0 saturated carbocycles. The molecule has 7 nitrogen and oxygen atoms in total. The first kappa shape index (κ1) is 23.4. The number of amides is 1. The Morgan fingerprint density at radius 3 is 2.70 bits per heavy atom. The molecule has 1 aromatic carbocycles. The summed E-state index contributed by atoms with van der Waals surface area (Å²) in [5, 5.41) is 2.59. The number of fused-ring (bicyclic) bond motifs is 1. The first-order valence-corrected chi connectivity index (χ1v) is 13.6. The first-order valence-electron chi connectivity index (χ1n) is 10.9. The van der Waals surface area contributed by atoms with Crippen LogP contribution in [0.15, 0.2) is 47.8 Å². The van der Waals surface area contributed by atoms with Gasteiger partial charge in [-0.2, -0.15) is 0 Å². The molecule has 0 bridgehead atoms. The fraction of sp³-hybridized carbons (Fsp3) is 0.375. The average Bonchev–Trinajstić information content (AvgIpc) is 3.46. The Bertz CT molecular complexity index is 1270. The monoisotopic (exact) mass is 486 g/mol. The van der Waals surface area contributed by atoms with E-state index >= 15 is 0 Å². The van der Waals surface area contributed by atoms with Crippen LogP contribution in [0.3, 0.4) is 0 Å². The smallest absolute Gasteiger partial charge is 0.339 e. The van der Waals surface area contributed by atoms with Crippen molar-refractivity contribution >= 4 is 44.0 Å². The largest absolute Gasteiger partial charge is 0.452 e. The molecule has 1 aliphatic heterocycles. The number of hydrogen-bond acceptors (Lipinski definition) is 7. The van der Waals surface area contributed by atoms with Crippen LogP contribution in [0.25, 0.3) is 21.5 Å². The van der Waals surface area contributed by atoms with E-state index in [1.165, 1.54) is 11.3 Å². The Morgan fingerprint density at radius 2 is 2.03 bits per heavy atom. The summed E-state index contributed by atoms with van der Waals surface area (Å²) in [4.78, 5) is 33.3. The number of hydrogen-bond donors (Lipinski definition) is 0. The van der Waals surface area contributed by atoms with Crippen molar-refractivity contribution in [2.45, 2.75) is 38.8 Å². The molecule has 0 spiro atoms. The molecule has 174 valence electrons. The van der Waals surface area contributed by atoms with E-state index < -0.39 is 22.4 Å². The summed E-state index contributed by atoms with van der Waals surface area (Å²) < 4.78 is 29.4. The molecule has 2 unspecified atom stereocenters. The zero-order valence-corrected chi connectivity index (χ0v) is 20.2. The summed E-state index contributed by atoms with van der Waals surface area (Å²) in [5.41, 5.74) is 1.67. The zero-order valence-electron chi connectivity index (χ0n) is 18.6. The number of rotatable bonds is 7. The number of carbonyl (C=O) groups is 2. The number of para-hydroxylation sites is 1. The Hall–Kier alpha value is -2.78. The SMILES string of the molecule is CCC(C)N(C(=O)COC(=O)c1cc(-c2cccs2)nc2ccccc12)C1CCS(=O)(=O)C1. The van der Waals surface area contributed by atoms with Crippen molar-refractivity contribution in [3.63, 3.8) is 0 Å². The minimum absolute atomic E-state index is 0.0454. The summed E-state index contributed by atoms with van der Waals surface area (Å²) in [6.07, 6.45) is 1.08. The number of esters is 1. The number of benzene rings is 1. The summed E-state index contributed by atoms with van der Waals surface area (Å²) in [6, 6.07) is 12.3. The van der Waals surface area contributed by atoms with Gasteiger partial charge in [-0.3, -0.25) is 4.79 Å². The van der Waals surface area contributed by atoms with Gasteiger partial charge in [-0.15, -0.1) is 11.3 Å². The number of pyridine rings is 1. The molecule has 0 radical (unpaired) electrons. The molecule has 1 aliphatic rings. The highest BCUT2D eigenvalue weighted by Gasteiger charge is 2.36. The van der Waals surface area contributed by atoms with Crippen LogP contribution in [0, 0.1) is 0 Å². The van der Waals surface area contributed by atoms with Crippen molar-refractivity contribution in [1.29, 1.82) is 0 Å². The second kappa shape index (κ2) is 9.61. The van der Waals surface area contributed by atoms with Crippen molar-refractivity contribution in [1.82, 2.24) is 9.88 Å². The van der Waals surface area contributed by atoms with Gasteiger partial charge in [0.05, 0.1) is 33.2 Å². The van der Waals surface area contributed by atoms with Crippen LogP contribution in [0.4, 0.5) is 0 Å². The van der Waals surface area contributed by atoms with E-state index in [2.05, 4.69) is 4.98 Å². The maximum Gasteiger partial charge on any atom is 0.339 e. The molecule has 3 heterocycles. The first-order chi connectivity index (χ1) is 15.8. The molecule has 1 fully saturated rings. The van der Waals surface area contributed by atoms with Gasteiger partial charge in [0.15, 0.2) is 16.4 Å². The number of carbonyl (C=O) groups excluding carboxylic acids is 2. The van der Waals surface area contributed by atoms with Gasteiger partial charge in [0.25, 0.3) is 5.91 Å². The number of ether oxygens (including phenoxy) is 1. The molecule has 1 saturated heterocycles. The zero-order chi connectivity index (χ0) is 23.6. The van der Waals surface area contributed by atoms with E-state index in [-0.39, 0.29) is 29.5 Å². The predicted octanol–water partition coefficient (Wildman–Crippen LogP) is 3.93. The molecule has 0 N–H and O–H groups in total. The van der Waals surface area contributed by atoms with Crippen LogP contribution in [0.2, 0.25) is 0 Å². The van der Waals surface area contributed by atoms with Gasteiger partial charge in [-0.05, 0) is 43.3 Å². The Morgan fingerprint density at radius 1 is 1.24 bits per heavy atom. The quantitative estimate of drug-likeness (QED) is 0.470. The second-order valence-electron chi connectivity index (χ2n) is 8.24. The summed E-state index contributed by atoms with van der Waals surface area (Å²) in [7, 11) is -3.15. The Kier molecular flexibility index (Phi) is 6.81. The number of thiophene rings is 1. The lowest BCUT2D eigenvalue weighted by Gasteiger charge is -2.33. The normalized spacial score (nSPS) is 18.2. The van der Waals surface area contributed by atoms with Crippen LogP contribution in [0.5, 0.6) is 0 Å². The van der Waals surface area contributed by atoms with E-state index in [0.717, 1.165) is 4.88 Å². The van der Waals surface area contributed by atoms with Crippen molar-refractivity contribution < 1.29 is 22.7 Å². The second-order valence-corrected chi connectivity index (χ2v) is 11.4. The maximum absolute atomic E-state index is 13.1. The highest BCUT2D eigenvalue weighted by molar-refractivity contribution is 7.91. The molecular weight excluding hydrogens is 460 g/mol. The van der Waals surface area contributed by atoms with E-state index in [4.69, 9.17) is 4.74 Å². The van der Waals surface area contributed by atoms with Gasteiger partial charge in [0.2, 0.25) is 0 Å². The standard InChI is InChI=1S/C24H26N2O5S2/c1-3-16(2)26(17-10-12-33(29,30)15-17)23(27)14-31-24(28)19-13-21(22-9-6-11-32-22)25-20-8-5-4-7-18(19)20/h4-9,11,13,16-17H,3,10,12,14-15H2,1-2H3. The Balaban J connectivity index is 1.56. The highest BCUT2D eigenvalue weighted by Crippen LogP contribution is 2.28. The van der Waals surface area contributed by atoms with Crippen molar-refractivity contribution in [3.8, 4) is 10.6 Å². The highest BCUT2D eigenvalue weighted by atomic mass is 32.2. The molecular formula is C24H26N2O5S2.